The molecule has 0 aliphatic carbocycles. The van der Waals surface area contributed by atoms with Gasteiger partial charge >= 0.3 is 0 Å². The van der Waals surface area contributed by atoms with Crippen LogP contribution in [0.4, 0.5) is 14.5 Å². The molecule has 0 fully saturated rings. The smallest absolute Gasteiger partial charge is 0.167 e. The normalized spacial score (nSPS) is 10.5. The van der Waals surface area contributed by atoms with Crippen molar-refractivity contribution in [3.8, 4) is 0 Å². The summed E-state index contributed by atoms with van der Waals surface area (Å²) in [6.07, 6.45) is -0.227. The molecule has 2 nitrogen and oxygen atoms in total. The SMILES string of the molecule is Nc1ccc(C(=O)Cc2c(F)cccc2Cl)cc1F. The minimum Gasteiger partial charge on any atom is -0.396 e. The maximum atomic E-state index is 13.5. The van der Waals surface area contributed by atoms with Gasteiger partial charge < -0.3 is 5.73 Å². The van der Waals surface area contributed by atoms with Crippen LogP contribution in [0.1, 0.15) is 15.9 Å². The zero-order valence-corrected chi connectivity index (χ0v) is 10.5. The summed E-state index contributed by atoms with van der Waals surface area (Å²) in [6.45, 7) is 0. The van der Waals surface area contributed by atoms with Gasteiger partial charge in [-0.2, -0.15) is 0 Å². The highest BCUT2D eigenvalue weighted by molar-refractivity contribution is 6.31. The van der Waals surface area contributed by atoms with Gasteiger partial charge in [0, 0.05) is 22.6 Å². The number of anilines is 1. The van der Waals surface area contributed by atoms with Crippen molar-refractivity contribution in [1.82, 2.24) is 0 Å². The number of hydrogen-bond acceptors (Lipinski definition) is 2. The van der Waals surface area contributed by atoms with Gasteiger partial charge in [-0.3, -0.25) is 4.79 Å². The molecule has 0 bridgehead atoms. The summed E-state index contributed by atoms with van der Waals surface area (Å²) in [5.74, 6) is -1.66. The molecular formula is C14H10ClF2NO. The third kappa shape index (κ3) is 2.90. The zero-order valence-electron chi connectivity index (χ0n) is 9.79. The molecule has 0 saturated carbocycles. The van der Waals surface area contributed by atoms with Crippen molar-refractivity contribution in [1.29, 1.82) is 0 Å². The fourth-order valence-corrected chi connectivity index (χ4v) is 1.89. The standard InChI is InChI=1S/C14H10ClF2NO/c15-10-2-1-3-11(16)9(10)7-14(19)8-4-5-13(18)12(17)6-8/h1-6H,7,18H2. The highest BCUT2D eigenvalue weighted by atomic mass is 35.5. The van der Waals surface area contributed by atoms with Crippen LogP contribution in [0.5, 0.6) is 0 Å². The van der Waals surface area contributed by atoms with E-state index in [1.807, 2.05) is 0 Å². The van der Waals surface area contributed by atoms with E-state index in [-0.39, 0.29) is 28.3 Å². The van der Waals surface area contributed by atoms with Crippen molar-refractivity contribution in [2.24, 2.45) is 0 Å². The molecule has 2 aromatic carbocycles. The first kappa shape index (κ1) is 13.5. The molecule has 0 aromatic heterocycles. The lowest BCUT2D eigenvalue weighted by Gasteiger charge is -2.06. The van der Waals surface area contributed by atoms with E-state index in [0.29, 0.717) is 0 Å². The van der Waals surface area contributed by atoms with E-state index in [1.165, 1.54) is 30.3 Å². The lowest BCUT2D eigenvalue weighted by Crippen LogP contribution is -2.07. The van der Waals surface area contributed by atoms with Crippen LogP contribution in [0, 0.1) is 11.6 Å². The maximum Gasteiger partial charge on any atom is 0.167 e. The predicted molar refractivity (Wildman–Crippen MR) is 70.3 cm³/mol. The Morgan fingerprint density at radius 3 is 2.53 bits per heavy atom. The molecular weight excluding hydrogens is 272 g/mol. The number of Topliss-reactive ketones (excluding diaryl/α,β-unsaturated/α-hetero) is 1. The van der Waals surface area contributed by atoms with Crippen LogP contribution in [-0.4, -0.2) is 5.78 Å². The number of carbonyl (C=O) groups is 1. The van der Waals surface area contributed by atoms with E-state index in [9.17, 15) is 13.6 Å². The minimum absolute atomic E-state index is 0.0412. The number of nitrogens with two attached hydrogens (primary N) is 1. The number of halogens is 3. The third-order valence-corrected chi connectivity index (χ3v) is 3.08. The Labute approximate surface area is 113 Å². The third-order valence-electron chi connectivity index (χ3n) is 2.72. The molecule has 0 heterocycles. The van der Waals surface area contributed by atoms with Crippen molar-refractivity contribution in [2.75, 3.05) is 5.73 Å². The molecule has 0 saturated heterocycles. The molecule has 2 rings (SSSR count). The molecule has 98 valence electrons. The first-order valence-electron chi connectivity index (χ1n) is 5.50. The van der Waals surface area contributed by atoms with Crippen molar-refractivity contribution >= 4 is 23.1 Å². The van der Waals surface area contributed by atoms with E-state index in [4.69, 9.17) is 17.3 Å². The summed E-state index contributed by atoms with van der Waals surface area (Å²) in [6, 6.07) is 7.90. The van der Waals surface area contributed by atoms with Gasteiger partial charge in [0.15, 0.2) is 5.78 Å². The molecule has 2 aromatic rings. The van der Waals surface area contributed by atoms with E-state index < -0.39 is 17.4 Å². The van der Waals surface area contributed by atoms with Crippen LogP contribution in [0.3, 0.4) is 0 Å². The number of carbonyl (C=O) groups excluding carboxylic acids is 1. The molecule has 0 radical (unpaired) electrons. The number of nitrogen functional groups attached to an aromatic ring is 1. The van der Waals surface area contributed by atoms with Gasteiger partial charge in [-0.15, -0.1) is 0 Å². The van der Waals surface area contributed by atoms with Crippen LogP contribution in [0.15, 0.2) is 36.4 Å². The Kier molecular flexibility index (Phi) is 3.81. The van der Waals surface area contributed by atoms with Crippen LogP contribution in [0.25, 0.3) is 0 Å². The van der Waals surface area contributed by atoms with E-state index >= 15 is 0 Å². The number of ketones is 1. The Balaban J connectivity index is 2.28. The van der Waals surface area contributed by atoms with Gasteiger partial charge in [0.2, 0.25) is 0 Å². The van der Waals surface area contributed by atoms with Gasteiger partial charge in [-0.05, 0) is 30.3 Å². The first-order chi connectivity index (χ1) is 8.99. The van der Waals surface area contributed by atoms with Crippen molar-refractivity contribution in [3.63, 3.8) is 0 Å². The monoisotopic (exact) mass is 281 g/mol. The molecule has 5 heteroatoms. The van der Waals surface area contributed by atoms with E-state index in [1.54, 1.807) is 0 Å². The number of hydrogen-bond donors (Lipinski definition) is 1. The van der Waals surface area contributed by atoms with Crippen molar-refractivity contribution in [2.45, 2.75) is 6.42 Å². The Morgan fingerprint density at radius 1 is 1.16 bits per heavy atom. The molecule has 0 amide bonds. The predicted octanol–water partition coefficient (Wildman–Crippen LogP) is 3.63. The topological polar surface area (TPSA) is 43.1 Å². The van der Waals surface area contributed by atoms with Crippen LogP contribution < -0.4 is 5.73 Å². The number of benzene rings is 2. The largest absolute Gasteiger partial charge is 0.396 e. The average Bonchev–Trinajstić information content (AvgIpc) is 2.37. The first-order valence-corrected chi connectivity index (χ1v) is 5.88. The lowest BCUT2D eigenvalue weighted by molar-refractivity contribution is 0.0991. The summed E-state index contributed by atoms with van der Waals surface area (Å²) in [5, 5.41) is 0.171. The quantitative estimate of drug-likeness (QED) is 0.690. The highest BCUT2D eigenvalue weighted by Gasteiger charge is 2.14. The minimum atomic E-state index is -0.675. The Bertz CT molecular complexity index is 623. The maximum absolute atomic E-state index is 13.5. The second kappa shape index (κ2) is 5.36. The summed E-state index contributed by atoms with van der Waals surface area (Å²) in [4.78, 5) is 11.9. The Morgan fingerprint density at radius 2 is 1.89 bits per heavy atom. The van der Waals surface area contributed by atoms with Gasteiger partial charge in [0.25, 0.3) is 0 Å². The average molecular weight is 282 g/mol. The van der Waals surface area contributed by atoms with Crippen LogP contribution >= 0.6 is 11.6 Å². The van der Waals surface area contributed by atoms with Gasteiger partial charge in [-0.25, -0.2) is 8.78 Å². The molecule has 0 atom stereocenters. The molecule has 2 N–H and O–H groups in total. The zero-order chi connectivity index (χ0) is 14.0. The fourth-order valence-electron chi connectivity index (χ4n) is 1.66. The summed E-state index contributed by atoms with van der Waals surface area (Å²) < 4.78 is 26.8. The van der Waals surface area contributed by atoms with E-state index in [2.05, 4.69) is 0 Å². The number of rotatable bonds is 3. The summed E-state index contributed by atoms with van der Waals surface area (Å²) in [5.41, 5.74) is 5.51. The van der Waals surface area contributed by atoms with E-state index in [0.717, 1.165) is 6.07 Å². The van der Waals surface area contributed by atoms with Crippen molar-refractivity contribution < 1.29 is 13.6 Å². The molecule has 19 heavy (non-hydrogen) atoms. The second-order valence-electron chi connectivity index (χ2n) is 4.04. The molecule has 0 spiro atoms. The van der Waals surface area contributed by atoms with Gasteiger partial charge in [0.1, 0.15) is 11.6 Å². The highest BCUT2D eigenvalue weighted by Crippen LogP contribution is 2.21. The summed E-state index contributed by atoms with van der Waals surface area (Å²) in [7, 11) is 0. The Hall–Kier alpha value is -1.94. The fraction of sp³-hybridized carbons (Fsp3) is 0.0714. The molecule has 0 aliphatic heterocycles. The summed E-state index contributed by atoms with van der Waals surface area (Å²) >= 11 is 5.83. The second-order valence-corrected chi connectivity index (χ2v) is 4.44. The van der Waals surface area contributed by atoms with Crippen molar-refractivity contribution in [3.05, 3.63) is 64.2 Å². The van der Waals surface area contributed by atoms with Gasteiger partial charge in [-0.1, -0.05) is 17.7 Å². The van der Waals surface area contributed by atoms with Crippen LogP contribution in [-0.2, 0) is 6.42 Å². The molecule has 0 unspecified atom stereocenters. The van der Waals surface area contributed by atoms with Gasteiger partial charge in [0.05, 0.1) is 5.69 Å². The molecule has 0 aliphatic rings. The van der Waals surface area contributed by atoms with Crippen LogP contribution in [0.2, 0.25) is 5.02 Å². The lowest BCUT2D eigenvalue weighted by atomic mass is 10.0.